The molecule has 1 saturated heterocycles. The van der Waals surface area contributed by atoms with Crippen LogP contribution in [-0.4, -0.2) is 34.6 Å². The number of nitrogens with zero attached hydrogens (tertiary/aromatic N) is 2. The summed E-state index contributed by atoms with van der Waals surface area (Å²) in [6.45, 7) is 6.05. The molecule has 0 unspecified atom stereocenters. The second-order valence-electron chi connectivity index (χ2n) is 3.74. The van der Waals surface area contributed by atoms with Crippen molar-refractivity contribution in [2.75, 3.05) is 13.1 Å². The molecule has 1 fully saturated rings. The molecule has 0 spiro atoms. The van der Waals surface area contributed by atoms with Crippen molar-refractivity contribution < 1.29 is 5.21 Å². The SMILES string of the molecule is CC(C)(/C(N)=N/O)N1CCCC1. The van der Waals surface area contributed by atoms with Crippen LogP contribution in [0.15, 0.2) is 5.16 Å². The third-order valence-corrected chi connectivity index (χ3v) is 2.63. The smallest absolute Gasteiger partial charge is 0.159 e. The van der Waals surface area contributed by atoms with Crippen molar-refractivity contribution in [1.82, 2.24) is 4.90 Å². The number of amidine groups is 1. The number of rotatable bonds is 2. The van der Waals surface area contributed by atoms with Crippen LogP contribution in [0.5, 0.6) is 0 Å². The van der Waals surface area contributed by atoms with Gasteiger partial charge in [-0.05, 0) is 39.8 Å². The molecule has 0 aromatic heterocycles. The summed E-state index contributed by atoms with van der Waals surface area (Å²) in [5.74, 6) is 0.296. The fourth-order valence-corrected chi connectivity index (χ4v) is 1.56. The van der Waals surface area contributed by atoms with Gasteiger partial charge in [-0.3, -0.25) is 4.90 Å². The lowest BCUT2D eigenvalue weighted by atomic mass is 10.0. The van der Waals surface area contributed by atoms with E-state index in [-0.39, 0.29) is 5.54 Å². The number of nitrogens with two attached hydrogens (primary N) is 1. The number of hydrogen-bond acceptors (Lipinski definition) is 3. The Bertz CT molecular complexity index is 183. The highest BCUT2D eigenvalue weighted by Crippen LogP contribution is 2.20. The van der Waals surface area contributed by atoms with Crippen LogP contribution in [-0.2, 0) is 0 Å². The van der Waals surface area contributed by atoms with Crippen molar-refractivity contribution in [2.45, 2.75) is 32.2 Å². The van der Waals surface area contributed by atoms with Crippen molar-refractivity contribution in [3.8, 4) is 0 Å². The van der Waals surface area contributed by atoms with Crippen LogP contribution in [0.25, 0.3) is 0 Å². The van der Waals surface area contributed by atoms with Gasteiger partial charge in [-0.25, -0.2) is 0 Å². The summed E-state index contributed by atoms with van der Waals surface area (Å²) in [4.78, 5) is 2.24. The highest BCUT2D eigenvalue weighted by molar-refractivity contribution is 5.88. The minimum atomic E-state index is -0.300. The quantitative estimate of drug-likeness (QED) is 0.277. The van der Waals surface area contributed by atoms with E-state index >= 15 is 0 Å². The van der Waals surface area contributed by atoms with E-state index in [1.807, 2.05) is 13.8 Å². The van der Waals surface area contributed by atoms with Crippen molar-refractivity contribution in [2.24, 2.45) is 10.9 Å². The minimum Gasteiger partial charge on any atom is -0.409 e. The summed E-state index contributed by atoms with van der Waals surface area (Å²) in [6.07, 6.45) is 2.42. The molecule has 70 valence electrons. The Morgan fingerprint density at radius 2 is 1.92 bits per heavy atom. The normalized spacial score (nSPS) is 21.7. The summed E-state index contributed by atoms with van der Waals surface area (Å²) in [5, 5.41) is 11.6. The van der Waals surface area contributed by atoms with Gasteiger partial charge in [0, 0.05) is 0 Å². The molecule has 0 saturated carbocycles. The summed E-state index contributed by atoms with van der Waals surface area (Å²) in [6, 6.07) is 0. The maximum absolute atomic E-state index is 8.57. The fraction of sp³-hybridized carbons (Fsp3) is 0.875. The monoisotopic (exact) mass is 171 g/mol. The van der Waals surface area contributed by atoms with Gasteiger partial charge < -0.3 is 10.9 Å². The molecule has 0 radical (unpaired) electrons. The number of hydrogen-bond donors (Lipinski definition) is 2. The van der Waals surface area contributed by atoms with Crippen molar-refractivity contribution in [1.29, 1.82) is 0 Å². The van der Waals surface area contributed by atoms with Crippen LogP contribution in [0.1, 0.15) is 26.7 Å². The zero-order valence-corrected chi connectivity index (χ0v) is 7.75. The molecule has 4 heteroatoms. The molecule has 4 nitrogen and oxygen atoms in total. The molecule has 12 heavy (non-hydrogen) atoms. The van der Waals surface area contributed by atoms with E-state index in [0.29, 0.717) is 5.84 Å². The molecule has 0 atom stereocenters. The molecule has 1 heterocycles. The van der Waals surface area contributed by atoms with Crippen LogP contribution < -0.4 is 5.73 Å². The van der Waals surface area contributed by atoms with Gasteiger partial charge in [0.05, 0.1) is 5.54 Å². The van der Waals surface area contributed by atoms with E-state index in [9.17, 15) is 0 Å². The van der Waals surface area contributed by atoms with Crippen LogP contribution in [0.4, 0.5) is 0 Å². The molecule has 0 aliphatic carbocycles. The summed E-state index contributed by atoms with van der Waals surface area (Å²) in [7, 11) is 0. The van der Waals surface area contributed by atoms with Crippen molar-refractivity contribution in [3.05, 3.63) is 0 Å². The largest absolute Gasteiger partial charge is 0.409 e. The zero-order chi connectivity index (χ0) is 9.19. The molecule has 1 rings (SSSR count). The van der Waals surface area contributed by atoms with Gasteiger partial charge in [0.25, 0.3) is 0 Å². The van der Waals surface area contributed by atoms with Gasteiger partial charge in [-0.15, -0.1) is 0 Å². The van der Waals surface area contributed by atoms with Crippen LogP contribution in [0.3, 0.4) is 0 Å². The lowest BCUT2D eigenvalue weighted by molar-refractivity contribution is 0.211. The van der Waals surface area contributed by atoms with E-state index in [1.54, 1.807) is 0 Å². The topological polar surface area (TPSA) is 61.9 Å². The van der Waals surface area contributed by atoms with Gasteiger partial charge in [0.1, 0.15) is 0 Å². The minimum absolute atomic E-state index is 0.296. The fourth-order valence-electron chi connectivity index (χ4n) is 1.56. The Morgan fingerprint density at radius 1 is 1.42 bits per heavy atom. The van der Waals surface area contributed by atoms with E-state index in [2.05, 4.69) is 10.1 Å². The van der Waals surface area contributed by atoms with Crippen LogP contribution >= 0.6 is 0 Å². The maximum atomic E-state index is 8.57. The maximum Gasteiger partial charge on any atom is 0.159 e. The Morgan fingerprint density at radius 3 is 2.33 bits per heavy atom. The standard InChI is InChI=1S/C8H17N3O/c1-8(2,7(9)10-12)11-5-3-4-6-11/h12H,3-6H2,1-2H3,(H2,9,10). The van der Waals surface area contributed by atoms with E-state index in [4.69, 9.17) is 10.9 Å². The van der Waals surface area contributed by atoms with Gasteiger partial charge in [0.2, 0.25) is 0 Å². The molecular formula is C8H17N3O. The average molecular weight is 171 g/mol. The van der Waals surface area contributed by atoms with Gasteiger partial charge in [-0.2, -0.15) is 0 Å². The first-order valence-electron chi connectivity index (χ1n) is 4.32. The highest BCUT2D eigenvalue weighted by Gasteiger charge is 2.32. The van der Waals surface area contributed by atoms with E-state index < -0.39 is 0 Å². The van der Waals surface area contributed by atoms with Gasteiger partial charge in [0.15, 0.2) is 5.84 Å². The van der Waals surface area contributed by atoms with Crippen molar-refractivity contribution in [3.63, 3.8) is 0 Å². The summed E-state index contributed by atoms with van der Waals surface area (Å²) < 4.78 is 0. The Balaban J connectivity index is 2.69. The predicted octanol–water partition coefficient (Wildman–Crippen LogP) is 0.607. The van der Waals surface area contributed by atoms with E-state index in [0.717, 1.165) is 13.1 Å². The third-order valence-electron chi connectivity index (χ3n) is 2.63. The van der Waals surface area contributed by atoms with Gasteiger partial charge >= 0.3 is 0 Å². The first-order chi connectivity index (χ1) is 5.59. The summed E-state index contributed by atoms with van der Waals surface area (Å²) >= 11 is 0. The second kappa shape index (κ2) is 3.31. The average Bonchev–Trinajstić information content (AvgIpc) is 2.55. The number of oxime groups is 1. The lowest BCUT2D eigenvalue weighted by Crippen LogP contribution is -2.52. The molecule has 0 aromatic rings. The van der Waals surface area contributed by atoms with Crippen LogP contribution in [0, 0.1) is 0 Å². The Kier molecular flexibility index (Phi) is 2.57. The van der Waals surface area contributed by atoms with Crippen molar-refractivity contribution >= 4 is 5.84 Å². The molecule has 0 aromatic carbocycles. The second-order valence-corrected chi connectivity index (χ2v) is 3.74. The lowest BCUT2D eigenvalue weighted by Gasteiger charge is -2.33. The van der Waals surface area contributed by atoms with Crippen LogP contribution in [0.2, 0.25) is 0 Å². The molecule has 1 aliphatic heterocycles. The first kappa shape index (κ1) is 9.32. The molecular weight excluding hydrogens is 154 g/mol. The predicted molar refractivity (Wildman–Crippen MR) is 48.3 cm³/mol. The zero-order valence-electron chi connectivity index (χ0n) is 7.75. The Hall–Kier alpha value is -0.770. The summed E-state index contributed by atoms with van der Waals surface area (Å²) in [5.41, 5.74) is 5.29. The molecule has 0 amide bonds. The van der Waals surface area contributed by atoms with Gasteiger partial charge in [-0.1, -0.05) is 5.16 Å². The first-order valence-corrected chi connectivity index (χ1v) is 4.32. The van der Waals surface area contributed by atoms with E-state index in [1.165, 1.54) is 12.8 Å². The highest BCUT2D eigenvalue weighted by atomic mass is 16.4. The number of likely N-dealkylation sites (tertiary alicyclic amines) is 1. The Labute approximate surface area is 73.0 Å². The molecule has 0 bridgehead atoms. The molecule has 3 N–H and O–H groups in total. The molecule has 1 aliphatic rings. The third kappa shape index (κ3) is 1.53.